The number of benzene rings is 1. The molecule has 1 aliphatic carbocycles. The van der Waals surface area contributed by atoms with E-state index in [-0.39, 0.29) is 30.8 Å². The maximum atomic E-state index is 11.8. The monoisotopic (exact) mass is 439 g/mol. The first kappa shape index (κ1) is 21.0. The van der Waals surface area contributed by atoms with E-state index in [1.54, 1.807) is 0 Å². The number of rotatable bonds is 5. The first-order valence-corrected chi connectivity index (χ1v) is 11.3. The van der Waals surface area contributed by atoms with Crippen molar-refractivity contribution in [2.45, 2.75) is 44.2 Å². The molecule has 2 aromatic rings. The van der Waals surface area contributed by atoms with Crippen molar-refractivity contribution in [3.05, 3.63) is 29.8 Å². The van der Waals surface area contributed by atoms with Crippen molar-refractivity contribution in [1.82, 2.24) is 15.3 Å². The lowest BCUT2D eigenvalue weighted by Gasteiger charge is -2.37. The standard InChI is InChI=1S/C23H29N5O4/c1-15-14-31-13-11-28(15)20-18-6-7-23(8-9-23)32-21(18)27-19(26-20)16-2-4-17(5-3-16)25-22(30)24-10-12-29/h2-5,15,29H,6-14H2,1H3,(H2,24,25,30)/t15-/m0/s1. The van der Waals surface area contributed by atoms with Crippen LogP contribution in [0.25, 0.3) is 11.4 Å². The molecule has 2 aliphatic heterocycles. The Hall–Kier alpha value is -2.91. The second-order valence-electron chi connectivity index (χ2n) is 8.74. The number of anilines is 2. The third-order valence-corrected chi connectivity index (χ3v) is 6.34. The number of aliphatic hydroxyl groups is 1. The molecule has 1 spiro atoms. The molecule has 1 atom stereocenters. The maximum absolute atomic E-state index is 11.8. The van der Waals surface area contributed by atoms with Crippen LogP contribution in [0.2, 0.25) is 0 Å². The Bertz CT molecular complexity index is 993. The number of hydrogen-bond acceptors (Lipinski definition) is 7. The molecule has 2 amide bonds. The van der Waals surface area contributed by atoms with Crippen molar-refractivity contribution in [1.29, 1.82) is 0 Å². The van der Waals surface area contributed by atoms with Gasteiger partial charge in [-0.15, -0.1) is 0 Å². The van der Waals surface area contributed by atoms with Gasteiger partial charge < -0.3 is 30.1 Å². The summed E-state index contributed by atoms with van der Waals surface area (Å²) >= 11 is 0. The highest BCUT2D eigenvalue weighted by molar-refractivity contribution is 5.89. The highest BCUT2D eigenvalue weighted by Gasteiger charge is 2.49. The Morgan fingerprint density at radius 2 is 2.06 bits per heavy atom. The Morgan fingerprint density at radius 3 is 2.78 bits per heavy atom. The molecule has 5 rings (SSSR count). The molecule has 9 nitrogen and oxygen atoms in total. The lowest BCUT2D eigenvalue weighted by atomic mass is 10.0. The van der Waals surface area contributed by atoms with E-state index < -0.39 is 0 Å². The summed E-state index contributed by atoms with van der Waals surface area (Å²) in [6.45, 7) is 4.41. The van der Waals surface area contributed by atoms with E-state index in [2.05, 4.69) is 22.5 Å². The van der Waals surface area contributed by atoms with Gasteiger partial charge in [0.05, 0.1) is 31.4 Å². The second-order valence-corrected chi connectivity index (χ2v) is 8.74. The van der Waals surface area contributed by atoms with Crippen molar-refractivity contribution >= 4 is 17.5 Å². The highest BCUT2D eigenvalue weighted by Crippen LogP contribution is 2.49. The Kier molecular flexibility index (Phi) is 5.60. The van der Waals surface area contributed by atoms with Crippen molar-refractivity contribution < 1.29 is 19.4 Å². The molecule has 0 bridgehead atoms. The van der Waals surface area contributed by atoms with Crippen LogP contribution in [0.3, 0.4) is 0 Å². The zero-order valence-corrected chi connectivity index (χ0v) is 18.3. The lowest BCUT2D eigenvalue weighted by Crippen LogP contribution is -2.45. The number of nitrogens with zero attached hydrogens (tertiary/aromatic N) is 3. The number of fused-ring (bicyclic) bond motifs is 1. The van der Waals surface area contributed by atoms with Crippen LogP contribution in [0.1, 0.15) is 31.7 Å². The summed E-state index contributed by atoms with van der Waals surface area (Å²) in [6, 6.07) is 7.30. The molecule has 0 unspecified atom stereocenters. The number of carbonyl (C=O) groups is 1. The van der Waals surface area contributed by atoms with Gasteiger partial charge in [-0.2, -0.15) is 4.98 Å². The van der Waals surface area contributed by atoms with Gasteiger partial charge in [-0.25, -0.2) is 9.78 Å². The summed E-state index contributed by atoms with van der Waals surface area (Å²) in [5, 5.41) is 14.1. The average molecular weight is 440 g/mol. The number of hydrogen-bond donors (Lipinski definition) is 3. The summed E-state index contributed by atoms with van der Waals surface area (Å²) in [5.41, 5.74) is 2.58. The van der Waals surface area contributed by atoms with Crippen LogP contribution in [-0.4, -0.2) is 65.7 Å². The van der Waals surface area contributed by atoms with Crippen molar-refractivity contribution in [3.63, 3.8) is 0 Å². The topological polar surface area (TPSA) is 109 Å². The molecule has 1 aromatic heterocycles. The van der Waals surface area contributed by atoms with Crippen LogP contribution in [0, 0.1) is 0 Å². The molecule has 1 aromatic carbocycles. The number of carbonyl (C=O) groups excluding carboxylic acids is 1. The first-order chi connectivity index (χ1) is 15.6. The van der Waals surface area contributed by atoms with E-state index in [1.165, 1.54) is 0 Å². The SMILES string of the molecule is C[C@H]1COCCN1c1nc(-c2ccc(NC(=O)NCCO)cc2)nc2c1CCC1(CC1)O2. The molecular weight excluding hydrogens is 410 g/mol. The fourth-order valence-electron chi connectivity index (χ4n) is 4.31. The van der Waals surface area contributed by atoms with E-state index in [0.717, 1.165) is 49.2 Å². The molecule has 3 heterocycles. The largest absolute Gasteiger partial charge is 0.471 e. The minimum atomic E-state index is -0.358. The van der Waals surface area contributed by atoms with Crippen LogP contribution in [0.4, 0.5) is 16.3 Å². The maximum Gasteiger partial charge on any atom is 0.319 e. The van der Waals surface area contributed by atoms with Gasteiger partial charge in [0.1, 0.15) is 11.4 Å². The molecule has 3 aliphatic rings. The minimum Gasteiger partial charge on any atom is -0.471 e. The smallest absolute Gasteiger partial charge is 0.319 e. The fourth-order valence-corrected chi connectivity index (χ4v) is 4.31. The molecule has 1 saturated carbocycles. The zero-order valence-electron chi connectivity index (χ0n) is 18.3. The van der Waals surface area contributed by atoms with Crippen LogP contribution in [-0.2, 0) is 11.2 Å². The van der Waals surface area contributed by atoms with E-state index in [1.807, 2.05) is 24.3 Å². The molecule has 170 valence electrons. The van der Waals surface area contributed by atoms with Gasteiger partial charge in [-0.1, -0.05) is 0 Å². The summed E-state index contributed by atoms with van der Waals surface area (Å²) in [4.78, 5) is 23.9. The Labute approximate surface area is 187 Å². The average Bonchev–Trinajstić information content (AvgIpc) is 3.56. The van der Waals surface area contributed by atoms with Gasteiger partial charge >= 0.3 is 6.03 Å². The van der Waals surface area contributed by atoms with Gasteiger partial charge in [0.2, 0.25) is 5.88 Å². The summed E-state index contributed by atoms with van der Waals surface area (Å²) in [6.07, 6.45) is 4.13. The van der Waals surface area contributed by atoms with E-state index in [0.29, 0.717) is 30.6 Å². The quantitative estimate of drug-likeness (QED) is 0.656. The van der Waals surface area contributed by atoms with E-state index in [9.17, 15) is 4.79 Å². The van der Waals surface area contributed by atoms with Crippen molar-refractivity contribution in [2.75, 3.05) is 43.1 Å². The van der Waals surface area contributed by atoms with Crippen molar-refractivity contribution in [2.24, 2.45) is 0 Å². The predicted octanol–water partition coefficient (Wildman–Crippen LogP) is 2.34. The number of aliphatic hydroxyl groups excluding tert-OH is 1. The number of morpholine rings is 1. The van der Waals surface area contributed by atoms with Crippen LogP contribution >= 0.6 is 0 Å². The summed E-state index contributed by atoms with van der Waals surface area (Å²) in [5.74, 6) is 2.27. The molecule has 3 N–H and O–H groups in total. The van der Waals surface area contributed by atoms with Gasteiger partial charge in [0, 0.05) is 24.3 Å². The zero-order chi connectivity index (χ0) is 22.1. The molecule has 1 saturated heterocycles. The molecule has 32 heavy (non-hydrogen) atoms. The minimum absolute atomic E-state index is 0.0256. The lowest BCUT2D eigenvalue weighted by molar-refractivity contribution is 0.0978. The number of aromatic nitrogens is 2. The van der Waals surface area contributed by atoms with Gasteiger partial charge in [0.25, 0.3) is 0 Å². The number of urea groups is 1. The Morgan fingerprint density at radius 1 is 1.25 bits per heavy atom. The Balaban J connectivity index is 1.44. The highest BCUT2D eigenvalue weighted by atomic mass is 16.5. The molecule has 2 fully saturated rings. The predicted molar refractivity (Wildman–Crippen MR) is 120 cm³/mol. The summed E-state index contributed by atoms with van der Waals surface area (Å²) in [7, 11) is 0. The molecule has 0 radical (unpaired) electrons. The number of amides is 2. The first-order valence-electron chi connectivity index (χ1n) is 11.3. The molecule has 9 heteroatoms. The third-order valence-electron chi connectivity index (χ3n) is 6.34. The van der Waals surface area contributed by atoms with Crippen LogP contribution in [0.5, 0.6) is 5.88 Å². The van der Waals surface area contributed by atoms with Gasteiger partial charge in [-0.05, 0) is 56.9 Å². The number of nitrogens with one attached hydrogen (secondary N) is 2. The number of ether oxygens (including phenoxy) is 2. The third kappa shape index (κ3) is 4.22. The van der Waals surface area contributed by atoms with Crippen LogP contribution < -0.4 is 20.3 Å². The fraction of sp³-hybridized carbons (Fsp3) is 0.522. The van der Waals surface area contributed by atoms with Gasteiger partial charge in [0.15, 0.2) is 5.82 Å². The van der Waals surface area contributed by atoms with Crippen molar-refractivity contribution in [3.8, 4) is 17.3 Å². The normalized spacial score (nSPS) is 20.9. The molecular formula is C23H29N5O4. The van der Waals surface area contributed by atoms with Gasteiger partial charge in [-0.3, -0.25) is 0 Å². The van der Waals surface area contributed by atoms with E-state index in [4.69, 9.17) is 24.5 Å². The van der Waals surface area contributed by atoms with Crippen LogP contribution in [0.15, 0.2) is 24.3 Å². The summed E-state index contributed by atoms with van der Waals surface area (Å²) < 4.78 is 12.0. The second kappa shape index (κ2) is 8.55. The van der Waals surface area contributed by atoms with E-state index >= 15 is 0 Å².